The average Bonchev–Trinajstić information content (AvgIpc) is 2.93. The van der Waals surface area contributed by atoms with Gasteiger partial charge in [0, 0.05) is 16.3 Å². The summed E-state index contributed by atoms with van der Waals surface area (Å²) in [4.78, 5) is 29.1. The predicted molar refractivity (Wildman–Crippen MR) is 105 cm³/mol. The lowest BCUT2D eigenvalue weighted by atomic mass is 10.1. The van der Waals surface area contributed by atoms with Gasteiger partial charge in [0.15, 0.2) is 5.78 Å². The molecule has 0 aliphatic rings. The molecule has 1 N–H and O–H groups in total. The Bertz CT molecular complexity index is 975. The molecule has 0 atom stereocenters. The van der Waals surface area contributed by atoms with E-state index in [1.165, 1.54) is 17.1 Å². The molecule has 1 aromatic heterocycles. The Morgan fingerprint density at radius 1 is 1.00 bits per heavy atom. The number of carbonyl (C=O) groups is 2. The zero-order valence-electron chi connectivity index (χ0n) is 15.1. The maximum atomic E-state index is 12.8. The number of hydrogen-bond donors (Lipinski definition) is 1. The van der Waals surface area contributed by atoms with Crippen molar-refractivity contribution in [2.24, 2.45) is 0 Å². The van der Waals surface area contributed by atoms with Crippen molar-refractivity contribution in [2.45, 2.75) is 25.7 Å². The van der Waals surface area contributed by atoms with E-state index in [0.29, 0.717) is 22.5 Å². The summed E-state index contributed by atoms with van der Waals surface area (Å²) in [5, 5.41) is 2.32. The van der Waals surface area contributed by atoms with Crippen LogP contribution in [0, 0.1) is 13.8 Å². The largest absolute Gasteiger partial charge is 0.462 e. The molecule has 26 heavy (non-hydrogen) atoms. The van der Waals surface area contributed by atoms with Crippen molar-refractivity contribution in [1.82, 2.24) is 4.98 Å². The van der Waals surface area contributed by atoms with Crippen LogP contribution in [0.15, 0.2) is 47.4 Å². The van der Waals surface area contributed by atoms with Crippen molar-refractivity contribution >= 4 is 34.3 Å². The fourth-order valence-corrected chi connectivity index (χ4v) is 3.88. The third kappa shape index (κ3) is 3.68. The van der Waals surface area contributed by atoms with Gasteiger partial charge in [-0.1, -0.05) is 30.3 Å². The van der Waals surface area contributed by atoms with E-state index in [-0.39, 0.29) is 18.1 Å². The van der Waals surface area contributed by atoms with Crippen LogP contribution >= 0.6 is 11.8 Å². The molecular weight excluding hydrogens is 346 g/mol. The maximum absolute atomic E-state index is 12.8. The second kappa shape index (κ2) is 7.79. The standard InChI is InChI=1S/C21H21NO3S/c1-4-25-21(24)20-14(3)22-13(2)19(20)18(23)12-26-17-10-9-15-7-5-6-8-16(15)11-17/h5-11,22H,4,12H2,1-3H3. The highest BCUT2D eigenvalue weighted by atomic mass is 32.2. The van der Waals surface area contributed by atoms with E-state index in [1.54, 1.807) is 13.8 Å². The first-order valence-electron chi connectivity index (χ1n) is 8.52. The van der Waals surface area contributed by atoms with Gasteiger partial charge < -0.3 is 9.72 Å². The molecule has 0 spiro atoms. The van der Waals surface area contributed by atoms with Gasteiger partial charge in [-0.15, -0.1) is 11.8 Å². The van der Waals surface area contributed by atoms with Gasteiger partial charge in [-0.25, -0.2) is 4.79 Å². The Morgan fingerprint density at radius 3 is 2.42 bits per heavy atom. The van der Waals surface area contributed by atoms with Gasteiger partial charge in [-0.3, -0.25) is 4.79 Å². The quantitative estimate of drug-likeness (QED) is 0.381. The fraction of sp³-hybridized carbons (Fsp3) is 0.238. The van der Waals surface area contributed by atoms with Crippen LogP contribution in [-0.4, -0.2) is 29.1 Å². The molecule has 0 radical (unpaired) electrons. The van der Waals surface area contributed by atoms with Crippen LogP contribution in [0.4, 0.5) is 0 Å². The zero-order chi connectivity index (χ0) is 18.7. The minimum Gasteiger partial charge on any atom is -0.462 e. The highest BCUT2D eigenvalue weighted by Gasteiger charge is 2.25. The van der Waals surface area contributed by atoms with Crippen LogP contribution < -0.4 is 0 Å². The summed E-state index contributed by atoms with van der Waals surface area (Å²) in [6.07, 6.45) is 0. The summed E-state index contributed by atoms with van der Waals surface area (Å²) in [5.41, 5.74) is 2.16. The molecule has 0 amide bonds. The lowest BCUT2D eigenvalue weighted by molar-refractivity contribution is 0.0522. The van der Waals surface area contributed by atoms with Crippen LogP contribution in [0.2, 0.25) is 0 Å². The zero-order valence-corrected chi connectivity index (χ0v) is 15.9. The number of aromatic nitrogens is 1. The maximum Gasteiger partial charge on any atom is 0.340 e. The molecule has 134 valence electrons. The normalized spacial score (nSPS) is 10.9. The molecule has 3 aromatic rings. The molecule has 0 unspecified atom stereocenters. The average molecular weight is 367 g/mol. The number of H-pyrrole nitrogens is 1. The van der Waals surface area contributed by atoms with Gasteiger partial charge in [0.25, 0.3) is 0 Å². The number of rotatable bonds is 6. The second-order valence-electron chi connectivity index (χ2n) is 6.07. The smallest absolute Gasteiger partial charge is 0.340 e. The first kappa shape index (κ1) is 18.3. The molecule has 3 rings (SSSR count). The van der Waals surface area contributed by atoms with E-state index in [1.807, 2.05) is 25.1 Å². The lowest BCUT2D eigenvalue weighted by Gasteiger charge is -2.07. The van der Waals surface area contributed by atoms with Crippen molar-refractivity contribution in [3.8, 4) is 0 Å². The Morgan fingerprint density at radius 2 is 1.69 bits per heavy atom. The van der Waals surface area contributed by atoms with Gasteiger partial charge in [0.1, 0.15) is 0 Å². The van der Waals surface area contributed by atoms with Gasteiger partial charge in [-0.2, -0.15) is 0 Å². The SMILES string of the molecule is CCOC(=O)c1c(C)[nH]c(C)c1C(=O)CSc1ccc2ccccc2c1. The van der Waals surface area contributed by atoms with Crippen molar-refractivity contribution in [3.63, 3.8) is 0 Å². The number of aromatic amines is 1. The Hall–Kier alpha value is -2.53. The molecule has 0 aliphatic heterocycles. The highest BCUT2D eigenvalue weighted by molar-refractivity contribution is 8.00. The third-order valence-corrected chi connectivity index (χ3v) is 5.22. The van der Waals surface area contributed by atoms with E-state index >= 15 is 0 Å². The van der Waals surface area contributed by atoms with E-state index in [4.69, 9.17) is 4.74 Å². The molecule has 1 heterocycles. The van der Waals surface area contributed by atoms with Crippen molar-refractivity contribution < 1.29 is 14.3 Å². The Labute approximate surface area is 156 Å². The van der Waals surface area contributed by atoms with Gasteiger partial charge in [-0.05, 0) is 43.7 Å². The Kier molecular flexibility index (Phi) is 5.47. The number of aryl methyl sites for hydroxylation is 2. The van der Waals surface area contributed by atoms with Crippen LogP contribution in [0.3, 0.4) is 0 Å². The lowest BCUT2D eigenvalue weighted by Crippen LogP contribution is -2.13. The first-order chi connectivity index (χ1) is 12.5. The van der Waals surface area contributed by atoms with E-state index < -0.39 is 5.97 Å². The van der Waals surface area contributed by atoms with Crippen LogP contribution in [-0.2, 0) is 4.74 Å². The number of thioether (sulfide) groups is 1. The molecule has 5 heteroatoms. The third-order valence-electron chi connectivity index (χ3n) is 4.22. The summed E-state index contributed by atoms with van der Waals surface area (Å²) in [6, 6.07) is 14.3. The monoisotopic (exact) mass is 367 g/mol. The summed E-state index contributed by atoms with van der Waals surface area (Å²) in [7, 11) is 0. The second-order valence-corrected chi connectivity index (χ2v) is 7.12. The van der Waals surface area contributed by atoms with Crippen molar-refractivity contribution in [1.29, 1.82) is 0 Å². The molecular formula is C21H21NO3S. The molecule has 0 saturated heterocycles. The number of esters is 1. The van der Waals surface area contributed by atoms with Gasteiger partial charge >= 0.3 is 5.97 Å². The summed E-state index contributed by atoms with van der Waals surface area (Å²) < 4.78 is 5.11. The fourth-order valence-electron chi connectivity index (χ4n) is 3.07. The number of hydrogen-bond acceptors (Lipinski definition) is 4. The van der Waals surface area contributed by atoms with Crippen LogP contribution in [0.5, 0.6) is 0 Å². The number of benzene rings is 2. The molecule has 0 bridgehead atoms. The first-order valence-corrected chi connectivity index (χ1v) is 9.51. The predicted octanol–water partition coefficient (Wildman–Crippen LogP) is 4.94. The number of ether oxygens (including phenoxy) is 1. The number of fused-ring (bicyclic) bond motifs is 1. The van der Waals surface area contributed by atoms with Crippen LogP contribution in [0.1, 0.15) is 39.0 Å². The summed E-state index contributed by atoms with van der Waals surface area (Å²) in [6.45, 7) is 5.63. The van der Waals surface area contributed by atoms with E-state index in [9.17, 15) is 9.59 Å². The Balaban J connectivity index is 1.80. The highest BCUT2D eigenvalue weighted by Crippen LogP contribution is 2.26. The number of ketones is 1. The molecule has 0 saturated carbocycles. The number of carbonyl (C=O) groups excluding carboxylic acids is 2. The van der Waals surface area contributed by atoms with Crippen LogP contribution in [0.25, 0.3) is 10.8 Å². The molecule has 2 aromatic carbocycles. The number of Topliss-reactive ketones (excluding diaryl/α,β-unsaturated/α-hetero) is 1. The van der Waals surface area contributed by atoms with E-state index in [0.717, 1.165) is 10.3 Å². The minimum atomic E-state index is -0.451. The van der Waals surface area contributed by atoms with Crippen molar-refractivity contribution in [2.75, 3.05) is 12.4 Å². The summed E-state index contributed by atoms with van der Waals surface area (Å²) in [5.74, 6) is -0.260. The molecule has 4 nitrogen and oxygen atoms in total. The van der Waals surface area contributed by atoms with Crippen molar-refractivity contribution in [3.05, 3.63) is 65.0 Å². The molecule has 0 fully saturated rings. The topological polar surface area (TPSA) is 59.2 Å². The number of nitrogens with one attached hydrogen (secondary N) is 1. The van der Waals surface area contributed by atoms with E-state index in [2.05, 4.69) is 29.2 Å². The molecule has 0 aliphatic carbocycles. The van der Waals surface area contributed by atoms with Gasteiger partial charge in [0.2, 0.25) is 0 Å². The van der Waals surface area contributed by atoms with Gasteiger partial charge in [0.05, 0.1) is 23.5 Å². The minimum absolute atomic E-state index is 0.0759. The summed E-state index contributed by atoms with van der Waals surface area (Å²) >= 11 is 1.47.